The van der Waals surface area contributed by atoms with E-state index in [4.69, 9.17) is 5.21 Å². The lowest BCUT2D eigenvalue weighted by molar-refractivity contribution is 0.106. The highest BCUT2D eigenvalue weighted by Crippen LogP contribution is 2.29. The first kappa shape index (κ1) is 9.58. The number of carbonyl (C=O) groups is 1. The SMILES string of the molecule is O=C1/C(=N\O)Cc2cc3c(cc21)CCCC3. The van der Waals surface area contributed by atoms with Crippen molar-refractivity contribution in [2.75, 3.05) is 0 Å². The zero-order valence-electron chi connectivity index (χ0n) is 8.99. The molecule has 3 nitrogen and oxygen atoms in total. The van der Waals surface area contributed by atoms with E-state index in [-0.39, 0.29) is 11.5 Å². The molecule has 0 spiro atoms. The number of nitrogens with zero attached hydrogens (tertiary/aromatic N) is 1. The van der Waals surface area contributed by atoms with Crippen LogP contribution in [0.25, 0.3) is 0 Å². The fourth-order valence-electron chi connectivity index (χ4n) is 2.69. The number of oxime groups is 1. The lowest BCUT2D eigenvalue weighted by atomic mass is 9.89. The number of carbonyl (C=O) groups excluding carboxylic acids is 1. The van der Waals surface area contributed by atoms with Gasteiger partial charge in [-0.05, 0) is 48.4 Å². The number of fused-ring (bicyclic) bond motifs is 2. The van der Waals surface area contributed by atoms with Gasteiger partial charge in [-0.15, -0.1) is 0 Å². The van der Waals surface area contributed by atoms with Gasteiger partial charge in [-0.25, -0.2) is 0 Å². The van der Waals surface area contributed by atoms with Gasteiger partial charge in [-0.1, -0.05) is 11.2 Å². The molecule has 0 heterocycles. The topological polar surface area (TPSA) is 49.7 Å². The number of hydrogen-bond donors (Lipinski definition) is 1. The molecule has 1 aromatic rings. The van der Waals surface area contributed by atoms with Crippen molar-refractivity contribution in [3.05, 3.63) is 34.4 Å². The zero-order valence-corrected chi connectivity index (χ0v) is 8.99. The number of benzene rings is 1. The molecule has 0 radical (unpaired) electrons. The maximum atomic E-state index is 11.8. The Morgan fingerprint density at radius 3 is 2.44 bits per heavy atom. The van der Waals surface area contributed by atoms with Crippen molar-refractivity contribution in [3.63, 3.8) is 0 Å². The van der Waals surface area contributed by atoms with Gasteiger partial charge in [0, 0.05) is 12.0 Å². The predicted molar refractivity (Wildman–Crippen MR) is 60.3 cm³/mol. The fraction of sp³-hybridized carbons (Fsp3) is 0.385. The van der Waals surface area contributed by atoms with Crippen LogP contribution >= 0.6 is 0 Å². The number of aryl methyl sites for hydroxylation is 2. The van der Waals surface area contributed by atoms with Crippen LogP contribution < -0.4 is 0 Å². The highest BCUT2D eigenvalue weighted by Gasteiger charge is 2.28. The monoisotopic (exact) mass is 215 g/mol. The second-order valence-electron chi connectivity index (χ2n) is 4.54. The Labute approximate surface area is 93.8 Å². The van der Waals surface area contributed by atoms with E-state index >= 15 is 0 Å². The molecule has 82 valence electrons. The van der Waals surface area contributed by atoms with Crippen LogP contribution in [0.2, 0.25) is 0 Å². The van der Waals surface area contributed by atoms with Crippen LogP contribution in [-0.4, -0.2) is 16.7 Å². The van der Waals surface area contributed by atoms with Gasteiger partial charge in [0.15, 0.2) is 0 Å². The smallest absolute Gasteiger partial charge is 0.211 e. The van der Waals surface area contributed by atoms with Crippen molar-refractivity contribution in [1.82, 2.24) is 0 Å². The van der Waals surface area contributed by atoms with Crippen molar-refractivity contribution in [1.29, 1.82) is 0 Å². The van der Waals surface area contributed by atoms with E-state index in [0.29, 0.717) is 6.42 Å². The standard InChI is InChI=1S/C13H13NO2/c15-13-11-6-9-4-2-1-3-8(9)5-10(11)7-12(13)14-16/h5-6,16H,1-4,7H2/b14-12-. The molecule has 2 aliphatic rings. The highest BCUT2D eigenvalue weighted by atomic mass is 16.4. The third-order valence-electron chi connectivity index (χ3n) is 3.55. The van der Waals surface area contributed by atoms with E-state index in [9.17, 15) is 4.79 Å². The summed E-state index contributed by atoms with van der Waals surface area (Å²) in [6.45, 7) is 0. The molecule has 3 rings (SSSR count). The summed E-state index contributed by atoms with van der Waals surface area (Å²) in [5.74, 6) is -0.106. The summed E-state index contributed by atoms with van der Waals surface area (Å²) in [4.78, 5) is 11.8. The van der Waals surface area contributed by atoms with Crippen LogP contribution in [0.3, 0.4) is 0 Å². The first-order chi connectivity index (χ1) is 7.79. The fourth-order valence-corrected chi connectivity index (χ4v) is 2.69. The van der Waals surface area contributed by atoms with Crippen molar-refractivity contribution >= 4 is 11.5 Å². The number of rotatable bonds is 0. The Hall–Kier alpha value is -1.64. The van der Waals surface area contributed by atoms with Gasteiger partial charge in [0.2, 0.25) is 5.78 Å². The lowest BCUT2D eigenvalue weighted by Gasteiger charge is -2.16. The van der Waals surface area contributed by atoms with E-state index in [1.165, 1.54) is 24.0 Å². The van der Waals surface area contributed by atoms with Crippen LogP contribution in [0.5, 0.6) is 0 Å². The second-order valence-corrected chi connectivity index (χ2v) is 4.54. The minimum atomic E-state index is -0.106. The van der Waals surface area contributed by atoms with Crippen molar-refractivity contribution in [2.24, 2.45) is 5.16 Å². The highest BCUT2D eigenvalue weighted by molar-refractivity contribution is 6.49. The summed E-state index contributed by atoms with van der Waals surface area (Å²) in [5, 5.41) is 11.8. The van der Waals surface area contributed by atoms with Gasteiger partial charge in [0.1, 0.15) is 5.71 Å². The number of hydrogen-bond acceptors (Lipinski definition) is 3. The molecule has 0 saturated heterocycles. The molecular formula is C13H13NO2. The van der Waals surface area contributed by atoms with Crippen molar-refractivity contribution in [3.8, 4) is 0 Å². The van der Waals surface area contributed by atoms with Gasteiger partial charge in [0.25, 0.3) is 0 Å². The minimum Gasteiger partial charge on any atom is -0.411 e. The first-order valence-electron chi connectivity index (χ1n) is 5.70. The summed E-state index contributed by atoms with van der Waals surface area (Å²) in [5.41, 5.74) is 4.72. The summed E-state index contributed by atoms with van der Waals surface area (Å²) in [7, 11) is 0. The third-order valence-corrected chi connectivity index (χ3v) is 3.55. The molecule has 0 aromatic heterocycles. The van der Waals surface area contributed by atoms with Gasteiger partial charge >= 0.3 is 0 Å². The van der Waals surface area contributed by atoms with Gasteiger partial charge in [-0.3, -0.25) is 4.79 Å². The molecule has 0 unspecified atom stereocenters. The molecule has 2 aliphatic carbocycles. The number of ketones is 1. The summed E-state index contributed by atoms with van der Waals surface area (Å²) < 4.78 is 0. The molecule has 1 N–H and O–H groups in total. The molecule has 0 bridgehead atoms. The Morgan fingerprint density at radius 1 is 1.06 bits per heavy atom. The van der Waals surface area contributed by atoms with E-state index in [1.54, 1.807) is 0 Å². The molecule has 0 amide bonds. The zero-order chi connectivity index (χ0) is 11.1. The molecule has 3 heteroatoms. The van der Waals surface area contributed by atoms with E-state index < -0.39 is 0 Å². The largest absolute Gasteiger partial charge is 0.411 e. The Morgan fingerprint density at radius 2 is 1.75 bits per heavy atom. The van der Waals surface area contributed by atoms with Crippen molar-refractivity contribution in [2.45, 2.75) is 32.1 Å². The molecular weight excluding hydrogens is 202 g/mol. The van der Waals surface area contributed by atoms with Crippen LogP contribution in [0.4, 0.5) is 0 Å². The summed E-state index contributed by atoms with van der Waals surface area (Å²) >= 11 is 0. The Bertz CT molecular complexity index is 503. The molecule has 0 saturated carbocycles. The quantitative estimate of drug-likeness (QED) is 0.532. The normalized spacial score (nSPS) is 21.0. The van der Waals surface area contributed by atoms with Crippen LogP contribution in [0, 0.1) is 0 Å². The molecule has 0 atom stereocenters. The van der Waals surface area contributed by atoms with Gasteiger partial charge < -0.3 is 5.21 Å². The molecule has 0 aliphatic heterocycles. The van der Waals surface area contributed by atoms with E-state index in [0.717, 1.165) is 24.0 Å². The van der Waals surface area contributed by atoms with Crippen molar-refractivity contribution < 1.29 is 10.0 Å². The maximum absolute atomic E-state index is 11.8. The minimum absolute atomic E-state index is 0.106. The van der Waals surface area contributed by atoms with Gasteiger partial charge in [-0.2, -0.15) is 0 Å². The molecule has 1 aromatic carbocycles. The Balaban J connectivity index is 2.13. The average molecular weight is 215 g/mol. The van der Waals surface area contributed by atoms with Crippen LogP contribution in [0.15, 0.2) is 17.3 Å². The Kier molecular flexibility index (Phi) is 2.06. The number of Topliss-reactive ketones (excluding diaryl/α,β-unsaturated/α-hetero) is 1. The predicted octanol–water partition coefficient (Wildman–Crippen LogP) is 2.13. The van der Waals surface area contributed by atoms with Crippen LogP contribution in [0.1, 0.15) is 39.9 Å². The maximum Gasteiger partial charge on any atom is 0.211 e. The summed E-state index contributed by atoms with van der Waals surface area (Å²) in [6, 6.07) is 4.13. The summed E-state index contributed by atoms with van der Waals surface area (Å²) in [6.07, 6.45) is 5.11. The first-order valence-corrected chi connectivity index (χ1v) is 5.70. The lowest BCUT2D eigenvalue weighted by Crippen LogP contribution is -2.08. The van der Waals surface area contributed by atoms with E-state index in [1.807, 2.05) is 6.07 Å². The third kappa shape index (κ3) is 1.28. The van der Waals surface area contributed by atoms with Gasteiger partial charge in [0.05, 0.1) is 0 Å². The average Bonchev–Trinajstić information content (AvgIpc) is 2.63. The molecule has 16 heavy (non-hydrogen) atoms. The van der Waals surface area contributed by atoms with E-state index in [2.05, 4.69) is 11.2 Å². The molecule has 0 fully saturated rings. The van der Waals surface area contributed by atoms with Crippen LogP contribution in [-0.2, 0) is 19.3 Å². The second kappa shape index (κ2) is 3.44.